The zero-order valence-electron chi connectivity index (χ0n) is 10.8. The van der Waals surface area contributed by atoms with Crippen LogP contribution in [0.15, 0.2) is 33.3 Å². The van der Waals surface area contributed by atoms with Gasteiger partial charge in [0.15, 0.2) is 5.82 Å². The zero-order chi connectivity index (χ0) is 15.6. The van der Waals surface area contributed by atoms with Crippen LogP contribution in [0.2, 0.25) is 0 Å². The molecule has 2 aromatic rings. The summed E-state index contributed by atoms with van der Waals surface area (Å²) in [6, 6.07) is 7.32. The number of nitrogens with zero attached hydrogens (tertiary/aromatic N) is 2. The Hall–Kier alpha value is -1.70. The van der Waals surface area contributed by atoms with Crippen LogP contribution in [0.4, 0.5) is 13.2 Å². The highest BCUT2D eigenvalue weighted by atomic mass is 79.9. The number of benzene rings is 1. The van der Waals surface area contributed by atoms with Crippen LogP contribution < -0.4 is 0 Å². The van der Waals surface area contributed by atoms with Crippen molar-refractivity contribution in [1.82, 2.24) is 10.1 Å². The summed E-state index contributed by atoms with van der Waals surface area (Å²) >= 11 is 3.31. The number of ketones is 1. The van der Waals surface area contributed by atoms with E-state index in [2.05, 4.69) is 26.1 Å². The molecule has 1 unspecified atom stereocenters. The number of halogens is 4. The molecule has 0 aliphatic heterocycles. The SMILES string of the molecule is CC(C(=O)C(F)(F)F)c1nc(Cc2cccc(Br)c2)no1. The fourth-order valence-corrected chi connectivity index (χ4v) is 2.15. The Morgan fingerprint density at radius 1 is 1.43 bits per heavy atom. The van der Waals surface area contributed by atoms with Gasteiger partial charge in [-0.1, -0.05) is 33.2 Å². The largest absolute Gasteiger partial charge is 0.450 e. The minimum atomic E-state index is -4.92. The Bertz CT molecular complexity index is 655. The summed E-state index contributed by atoms with van der Waals surface area (Å²) < 4.78 is 42.6. The van der Waals surface area contributed by atoms with E-state index in [-0.39, 0.29) is 11.7 Å². The van der Waals surface area contributed by atoms with E-state index in [4.69, 9.17) is 4.52 Å². The fourth-order valence-electron chi connectivity index (χ4n) is 1.70. The quantitative estimate of drug-likeness (QED) is 0.832. The number of alkyl halides is 3. The number of Topliss-reactive ketones (excluding diaryl/α,β-unsaturated/α-hetero) is 1. The molecular formula is C13H10BrF3N2O2. The molecule has 0 aliphatic carbocycles. The van der Waals surface area contributed by atoms with Crippen molar-refractivity contribution in [1.29, 1.82) is 0 Å². The van der Waals surface area contributed by atoms with Gasteiger partial charge in [0.05, 0.1) is 0 Å². The first-order valence-corrected chi connectivity index (χ1v) is 6.74. The molecule has 1 aromatic heterocycles. The molecule has 112 valence electrons. The van der Waals surface area contributed by atoms with E-state index in [9.17, 15) is 18.0 Å². The first-order valence-electron chi connectivity index (χ1n) is 5.95. The summed E-state index contributed by atoms with van der Waals surface area (Å²) in [5.74, 6) is -3.51. The second-order valence-electron chi connectivity index (χ2n) is 4.44. The third kappa shape index (κ3) is 3.90. The molecule has 1 atom stereocenters. The second-order valence-corrected chi connectivity index (χ2v) is 5.35. The van der Waals surface area contributed by atoms with Crippen molar-refractivity contribution in [2.45, 2.75) is 25.4 Å². The molecule has 0 spiro atoms. The molecule has 0 bridgehead atoms. The van der Waals surface area contributed by atoms with Crippen molar-refractivity contribution in [3.63, 3.8) is 0 Å². The summed E-state index contributed by atoms with van der Waals surface area (Å²) in [7, 11) is 0. The summed E-state index contributed by atoms with van der Waals surface area (Å²) in [5, 5.41) is 3.61. The maximum absolute atomic E-state index is 12.3. The molecule has 21 heavy (non-hydrogen) atoms. The van der Waals surface area contributed by atoms with E-state index in [1.54, 1.807) is 0 Å². The van der Waals surface area contributed by atoms with E-state index in [1.165, 1.54) is 0 Å². The van der Waals surface area contributed by atoms with Crippen molar-refractivity contribution in [2.24, 2.45) is 0 Å². The zero-order valence-corrected chi connectivity index (χ0v) is 12.4. The number of carbonyl (C=O) groups excluding carboxylic acids is 1. The molecule has 0 N–H and O–H groups in total. The van der Waals surface area contributed by atoms with Gasteiger partial charge in [0, 0.05) is 10.9 Å². The molecule has 0 aliphatic rings. The van der Waals surface area contributed by atoms with Crippen LogP contribution in [0.25, 0.3) is 0 Å². The lowest BCUT2D eigenvalue weighted by molar-refractivity contribution is -0.172. The van der Waals surface area contributed by atoms with E-state index < -0.39 is 17.9 Å². The first kappa shape index (κ1) is 15.7. The number of rotatable bonds is 4. The molecule has 0 radical (unpaired) electrons. The van der Waals surface area contributed by atoms with E-state index in [1.807, 2.05) is 24.3 Å². The van der Waals surface area contributed by atoms with Crippen LogP contribution in [0.1, 0.15) is 30.1 Å². The van der Waals surface area contributed by atoms with Crippen molar-refractivity contribution < 1.29 is 22.5 Å². The van der Waals surface area contributed by atoms with Crippen molar-refractivity contribution in [3.05, 3.63) is 46.0 Å². The van der Waals surface area contributed by atoms with Crippen LogP contribution in [0, 0.1) is 0 Å². The second kappa shape index (κ2) is 5.97. The standard InChI is InChI=1S/C13H10BrF3N2O2/c1-7(11(20)13(15,16)17)12-18-10(19-21-12)6-8-3-2-4-9(14)5-8/h2-5,7H,6H2,1H3. The smallest absolute Gasteiger partial charge is 0.339 e. The molecule has 1 aromatic carbocycles. The number of hydrogen-bond acceptors (Lipinski definition) is 4. The highest BCUT2D eigenvalue weighted by molar-refractivity contribution is 9.10. The van der Waals surface area contributed by atoms with Crippen molar-refractivity contribution in [2.75, 3.05) is 0 Å². The van der Waals surface area contributed by atoms with Crippen molar-refractivity contribution >= 4 is 21.7 Å². The molecule has 0 amide bonds. The van der Waals surface area contributed by atoms with Crippen LogP contribution in [0.3, 0.4) is 0 Å². The van der Waals surface area contributed by atoms with E-state index >= 15 is 0 Å². The number of carbonyl (C=O) groups is 1. The van der Waals surface area contributed by atoms with Crippen LogP contribution in [-0.2, 0) is 11.2 Å². The van der Waals surface area contributed by atoms with Crippen LogP contribution in [-0.4, -0.2) is 22.1 Å². The molecule has 0 saturated heterocycles. The lowest BCUT2D eigenvalue weighted by Gasteiger charge is -2.08. The van der Waals surface area contributed by atoms with Gasteiger partial charge in [-0.15, -0.1) is 0 Å². The summed E-state index contributed by atoms with van der Waals surface area (Å²) in [6.45, 7) is 1.09. The Labute approximate surface area is 126 Å². The van der Waals surface area contributed by atoms with Gasteiger partial charge in [-0.25, -0.2) is 0 Å². The molecule has 0 fully saturated rings. The van der Waals surface area contributed by atoms with Gasteiger partial charge in [0.2, 0.25) is 11.7 Å². The van der Waals surface area contributed by atoms with Crippen LogP contribution in [0.5, 0.6) is 0 Å². The van der Waals surface area contributed by atoms with Gasteiger partial charge in [-0.2, -0.15) is 18.2 Å². The first-order chi connectivity index (χ1) is 9.77. The van der Waals surface area contributed by atoms with Gasteiger partial charge >= 0.3 is 6.18 Å². The Kier molecular flexibility index (Phi) is 4.46. The predicted octanol–water partition coefficient (Wildman–Crippen LogP) is 3.66. The number of hydrogen-bond donors (Lipinski definition) is 0. The van der Waals surface area contributed by atoms with E-state index in [0.717, 1.165) is 17.0 Å². The predicted molar refractivity (Wildman–Crippen MR) is 70.7 cm³/mol. The van der Waals surface area contributed by atoms with Gasteiger partial charge in [0.1, 0.15) is 5.92 Å². The molecule has 2 rings (SSSR count). The molecule has 8 heteroatoms. The average Bonchev–Trinajstić information content (AvgIpc) is 2.84. The normalized spacial score (nSPS) is 13.2. The van der Waals surface area contributed by atoms with Crippen LogP contribution >= 0.6 is 15.9 Å². The Morgan fingerprint density at radius 3 is 2.76 bits per heavy atom. The molecule has 0 saturated carbocycles. The minimum Gasteiger partial charge on any atom is -0.339 e. The molecule has 4 nitrogen and oxygen atoms in total. The summed E-state index contributed by atoms with van der Waals surface area (Å²) in [5.41, 5.74) is 0.867. The fraction of sp³-hybridized carbons (Fsp3) is 0.308. The van der Waals surface area contributed by atoms with Gasteiger partial charge < -0.3 is 4.52 Å². The third-order valence-corrected chi connectivity index (χ3v) is 3.27. The Morgan fingerprint density at radius 2 is 2.14 bits per heavy atom. The summed E-state index contributed by atoms with van der Waals surface area (Å²) in [4.78, 5) is 15.0. The topological polar surface area (TPSA) is 56.0 Å². The number of aromatic nitrogens is 2. The lowest BCUT2D eigenvalue weighted by Crippen LogP contribution is -2.27. The lowest BCUT2D eigenvalue weighted by atomic mass is 10.1. The van der Waals surface area contributed by atoms with Gasteiger partial charge in [-0.3, -0.25) is 4.79 Å². The Balaban J connectivity index is 2.13. The third-order valence-electron chi connectivity index (χ3n) is 2.78. The van der Waals surface area contributed by atoms with Crippen molar-refractivity contribution in [3.8, 4) is 0 Å². The van der Waals surface area contributed by atoms with Gasteiger partial charge in [-0.05, 0) is 24.6 Å². The monoisotopic (exact) mass is 362 g/mol. The highest BCUT2D eigenvalue weighted by Gasteiger charge is 2.43. The highest BCUT2D eigenvalue weighted by Crippen LogP contribution is 2.26. The molecular weight excluding hydrogens is 353 g/mol. The maximum Gasteiger partial charge on any atom is 0.450 e. The molecule has 1 heterocycles. The minimum absolute atomic E-state index is 0.227. The van der Waals surface area contributed by atoms with E-state index in [0.29, 0.717) is 6.42 Å². The van der Waals surface area contributed by atoms with Gasteiger partial charge in [0.25, 0.3) is 0 Å². The average molecular weight is 363 g/mol. The maximum atomic E-state index is 12.3. The summed E-state index contributed by atoms with van der Waals surface area (Å²) in [6.07, 6.45) is -4.62.